The molecule has 530 valence electrons. The van der Waals surface area contributed by atoms with Gasteiger partial charge >= 0.3 is 5.97 Å². The summed E-state index contributed by atoms with van der Waals surface area (Å²) in [5.74, 6) is -11.0. The molecule has 100 heavy (non-hydrogen) atoms. The summed E-state index contributed by atoms with van der Waals surface area (Å²) in [5, 5.41) is 41.9. The number of thioether (sulfide) groups is 2. The number of rotatable bonds is 13. The molecule has 4 aromatic carbocycles. The third kappa shape index (κ3) is 19.5. The second-order valence-corrected chi connectivity index (χ2v) is 26.8. The molecule has 3 aromatic heterocycles. The zero-order chi connectivity index (χ0) is 71.8. The van der Waals surface area contributed by atoms with Crippen LogP contribution in [0.4, 0.5) is 8.78 Å². The van der Waals surface area contributed by atoms with Crippen LogP contribution in [0.5, 0.6) is 5.75 Å². The fourth-order valence-electron chi connectivity index (χ4n) is 11.9. The number of halogens is 2. The van der Waals surface area contributed by atoms with Crippen molar-refractivity contribution in [2.24, 2.45) is 5.73 Å². The molecule has 0 radical (unpaired) electrons. The van der Waals surface area contributed by atoms with Crippen molar-refractivity contribution in [1.29, 1.82) is 0 Å². The SMILES string of the molecule is CO[C@H](C)[C@@H]1NC(=O)CCSCc2cccc(c2)CSC[C@@H](C(N)=O)NC(=O)[C@]2(C)CCCN2C(=O)[C@H](Cc2ccc(O)cc2)NC(=O)[C@H](Cc2cnc[nH]2)NC(=O)[C@H](CC(=O)O)NC(=O)[C@H](Cc2c[nH]c3ccc(F)cc23)NC(=O)[C@H](Cc2c[nH]c3ccc(F)cc23)NC(=O)CNC1=O. The molecular formula is C68H78F2N14O14S2. The molecule has 7 aromatic rings. The van der Waals surface area contributed by atoms with Crippen molar-refractivity contribution in [3.63, 3.8) is 0 Å². The lowest BCUT2D eigenvalue weighted by molar-refractivity contribution is -0.147. The zero-order valence-electron chi connectivity index (χ0n) is 54.7. The van der Waals surface area contributed by atoms with Crippen molar-refractivity contribution in [3.05, 3.63) is 155 Å². The lowest BCUT2D eigenvalue weighted by Gasteiger charge is -2.37. The summed E-state index contributed by atoms with van der Waals surface area (Å²) < 4.78 is 35.2. The monoisotopic (exact) mass is 1420 g/mol. The highest BCUT2D eigenvalue weighted by molar-refractivity contribution is 7.98. The third-order valence-electron chi connectivity index (χ3n) is 17.4. The molecular weight excluding hydrogens is 1340 g/mol. The van der Waals surface area contributed by atoms with Crippen LogP contribution in [0.1, 0.15) is 73.0 Å². The first-order valence-electron chi connectivity index (χ1n) is 32.1. The number of imidazole rings is 1. The minimum Gasteiger partial charge on any atom is -0.508 e. The van der Waals surface area contributed by atoms with Crippen LogP contribution in [0.3, 0.4) is 0 Å². The number of methoxy groups -OCH3 is 1. The van der Waals surface area contributed by atoms with Gasteiger partial charge in [-0.3, -0.25) is 52.7 Å². The van der Waals surface area contributed by atoms with Gasteiger partial charge in [0.1, 0.15) is 65.2 Å². The van der Waals surface area contributed by atoms with Gasteiger partial charge in [-0.05, 0) is 103 Å². The van der Waals surface area contributed by atoms with Gasteiger partial charge in [-0.2, -0.15) is 23.5 Å². The number of carbonyl (C=O) groups is 11. The van der Waals surface area contributed by atoms with Crippen molar-refractivity contribution in [2.45, 2.75) is 131 Å². The number of nitrogens with zero attached hydrogens (tertiary/aromatic N) is 2. The fourth-order valence-corrected chi connectivity index (χ4v) is 13.8. The number of ether oxygens (including phenoxy) is 1. The van der Waals surface area contributed by atoms with Gasteiger partial charge in [0.05, 0.1) is 25.4 Å². The maximum atomic E-state index is 15.2. The molecule has 2 bridgehead atoms. The van der Waals surface area contributed by atoms with Gasteiger partial charge in [0, 0.05) is 115 Å². The van der Waals surface area contributed by atoms with Crippen molar-refractivity contribution in [1.82, 2.24) is 67.4 Å². The smallest absolute Gasteiger partial charge is 0.305 e. The van der Waals surface area contributed by atoms with E-state index in [1.807, 2.05) is 24.3 Å². The number of aromatic amines is 3. The summed E-state index contributed by atoms with van der Waals surface area (Å²) >= 11 is 2.76. The number of aromatic nitrogens is 4. The van der Waals surface area contributed by atoms with Crippen LogP contribution in [-0.4, -0.2) is 186 Å². The molecule has 1 saturated heterocycles. The number of hydrogen-bond donors (Lipinski definition) is 14. The number of phenols is 1. The maximum absolute atomic E-state index is 15.2. The number of aromatic hydroxyl groups is 1. The number of H-pyrrole nitrogens is 3. The highest BCUT2D eigenvalue weighted by Gasteiger charge is 2.49. The lowest BCUT2D eigenvalue weighted by Crippen LogP contribution is -2.63. The Morgan fingerprint density at radius 2 is 1.27 bits per heavy atom. The molecule has 2 aliphatic heterocycles. The largest absolute Gasteiger partial charge is 0.508 e. The molecule has 1 fully saturated rings. The Morgan fingerprint density at radius 1 is 0.690 bits per heavy atom. The van der Waals surface area contributed by atoms with Gasteiger partial charge < -0.3 is 83.1 Å². The highest BCUT2D eigenvalue weighted by atomic mass is 32.2. The zero-order valence-corrected chi connectivity index (χ0v) is 56.4. The molecule has 28 nitrogen and oxygen atoms in total. The van der Waals surface area contributed by atoms with Crippen LogP contribution in [0.2, 0.25) is 0 Å². The number of carbonyl (C=O) groups excluding carboxylic acids is 10. The summed E-state index contributed by atoms with van der Waals surface area (Å²) in [4.78, 5) is 171. The summed E-state index contributed by atoms with van der Waals surface area (Å²) in [6.07, 6.45) is 2.34. The fraction of sp³-hybridized carbons (Fsp3) is 0.382. The van der Waals surface area contributed by atoms with Gasteiger partial charge in [0.15, 0.2) is 0 Å². The van der Waals surface area contributed by atoms with Gasteiger partial charge in [-0.15, -0.1) is 0 Å². The number of aliphatic carboxylic acids is 1. The number of fused-ring (bicyclic) bond motifs is 5. The third-order valence-corrected chi connectivity index (χ3v) is 19.5. The van der Waals surface area contributed by atoms with Crippen LogP contribution in [0.25, 0.3) is 21.8 Å². The highest BCUT2D eigenvalue weighted by Crippen LogP contribution is 2.32. The number of carboxylic acids is 1. The summed E-state index contributed by atoms with van der Waals surface area (Å²) in [6.45, 7) is 2.27. The van der Waals surface area contributed by atoms with Crippen LogP contribution in [0.15, 0.2) is 110 Å². The van der Waals surface area contributed by atoms with Crippen LogP contribution in [-0.2, 0) is 94.7 Å². The molecule has 0 aliphatic carbocycles. The average Bonchev–Trinajstić information content (AvgIpc) is 1.58. The molecule has 9 atom stereocenters. The topological polar surface area (TPSA) is 423 Å². The Balaban J connectivity index is 1.06. The minimum atomic E-state index is -2.05. The minimum absolute atomic E-state index is 0.0132. The van der Waals surface area contributed by atoms with E-state index in [2.05, 4.69) is 62.5 Å². The van der Waals surface area contributed by atoms with Crippen LogP contribution >= 0.6 is 23.5 Å². The molecule has 0 unspecified atom stereocenters. The summed E-state index contributed by atoms with van der Waals surface area (Å²) in [6, 6.07) is 9.65. The van der Waals surface area contributed by atoms with Gasteiger partial charge in [0.2, 0.25) is 59.1 Å². The Hall–Kier alpha value is -10.3. The number of phenolic OH excluding ortho intramolecular Hbond substituents is 1. The first-order valence-corrected chi connectivity index (χ1v) is 34.4. The molecule has 5 heterocycles. The Morgan fingerprint density at radius 3 is 1.86 bits per heavy atom. The van der Waals surface area contributed by atoms with Gasteiger partial charge in [-0.1, -0.05) is 36.4 Å². The standard InChI is InChI=1S/C68H78F2N14O14S2/c1-36(98-3)59-65(95)75-31-57(87)77-50(22-40-28-73-48-14-10-42(69)24-46(40)48)61(91)78-51(23-41-29-74-49-15-11-43(70)25-47(41)49)62(92)80-53(27-58(88)89)64(94)79-52(26-44-30-72-35-76-44)63(93)81-54(21-37-8-12-45(85)13-9-37)66(96)84-18-5-17-68(84,2)67(97)82-55(60(71)90)34-100-33-39-7-4-6-38(20-39)32-99-19-16-56(86)83-59/h4,6-15,20,24-25,28-30,35-36,50-55,59,73-74,85H,5,16-19,21-23,26-27,31-34H2,1-3H3,(H2,71,90)(H,72,76)(H,75,95)(H,77,87)(H,78,91)(H,79,94)(H,80,92)(H,81,93)(H,82,97)(H,83,86)(H,88,89)/t36-,50+,51+,52+,53+,54+,55+,59+,68+/m1/s1. The first-order chi connectivity index (χ1) is 47.8. The molecule has 2 aliphatic rings. The van der Waals surface area contributed by atoms with Gasteiger partial charge in [-0.25, -0.2) is 13.8 Å². The number of amides is 10. The molecule has 15 N–H and O–H groups in total. The number of benzene rings is 4. The van der Waals surface area contributed by atoms with Crippen LogP contribution in [0, 0.1) is 11.6 Å². The quantitative estimate of drug-likeness (QED) is 0.0786. The molecule has 0 spiro atoms. The number of hydrogen-bond acceptors (Lipinski definition) is 16. The number of nitrogens with two attached hydrogens (primary N) is 1. The first kappa shape index (κ1) is 73.9. The molecule has 10 amide bonds. The van der Waals surface area contributed by atoms with E-state index in [1.54, 1.807) is 0 Å². The van der Waals surface area contributed by atoms with E-state index in [9.17, 15) is 52.6 Å². The van der Waals surface area contributed by atoms with E-state index < -0.39 is 156 Å². The van der Waals surface area contributed by atoms with E-state index in [0.717, 1.165) is 17.2 Å². The Labute approximate surface area is 580 Å². The van der Waals surface area contributed by atoms with Gasteiger partial charge in [0.25, 0.3) is 0 Å². The van der Waals surface area contributed by atoms with Crippen LogP contribution < -0.4 is 48.3 Å². The van der Waals surface area contributed by atoms with E-state index in [4.69, 9.17) is 10.5 Å². The maximum Gasteiger partial charge on any atom is 0.305 e. The number of primary amides is 1. The van der Waals surface area contributed by atoms with E-state index >= 15 is 19.2 Å². The normalized spacial score (nSPS) is 23.1. The molecule has 9 rings (SSSR count). The average molecular weight is 1420 g/mol. The van der Waals surface area contributed by atoms with E-state index in [0.29, 0.717) is 51.2 Å². The van der Waals surface area contributed by atoms with Crippen molar-refractivity contribution in [3.8, 4) is 5.75 Å². The predicted molar refractivity (Wildman–Crippen MR) is 365 cm³/mol. The number of nitrogens with one attached hydrogen (secondary N) is 11. The van der Waals surface area contributed by atoms with E-state index in [1.165, 1.54) is 129 Å². The predicted octanol–water partition coefficient (Wildman–Crippen LogP) is 2.08. The summed E-state index contributed by atoms with van der Waals surface area (Å²) in [7, 11) is 1.32. The lowest BCUT2D eigenvalue weighted by atomic mass is 9.95. The van der Waals surface area contributed by atoms with Crippen molar-refractivity contribution >= 4 is 110 Å². The Bertz CT molecular complexity index is 4160. The summed E-state index contributed by atoms with van der Waals surface area (Å²) in [5.41, 5.74) is 8.13. The second kappa shape index (κ2) is 33.9. The van der Waals surface area contributed by atoms with Crippen molar-refractivity contribution in [2.75, 3.05) is 31.7 Å². The second-order valence-electron chi connectivity index (χ2n) is 24.7. The number of carboxylic acid groups (broad SMARTS) is 1. The van der Waals surface area contributed by atoms with Crippen molar-refractivity contribution < 1.29 is 76.5 Å². The van der Waals surface area contributed by atoms with E-state index in [-0.39, 0.29) is 60.4 Å². The Kier molecular flexibility index (Phi) is 25.1. The molecule has 0 saturated carbocycles. The molecule has 32 heteroatoms.